The van der Waals surface area contributed by atoms with Gasteiger partial charge in [-0.25, -0.2) is 0 Å². The van der Waals surface area contributed by atoms with Crippen molar-refractivity contribution in [2.24, 2.45) is 5.92 Å². The smallest absolute Gasteiger partial charge is 0.0290 e. The summed E-state index contributed by atoms with van der Waals surface area (Å²) in [5, 5.41) is 0. The van der Waals surface area contributed by atoms with Crippen LogP contribution >= 0.6 is 0 Å². The second-order valence-electron chi connectivity index (χ2n) is 2.89. The lowest BCUT2D eigenvalue weighted by atomic mass is 10.1. The molecule has 0 bridgehead atoms. The predicted octanol–water partition coefficient (Wildman–Crippen LogP) is 3.55. The van der Waals surface area contributed by atoms with E-state index in [2.05, 4.69) is 32.6 Å². The van der Waals surface area contributed by atoms with Crippen molar-refractivity contribution in [1.29, 1.82) is 0 Å². The van der Waals surface area contributed by atoms with Crippen LogP contribution in [0.3, 0.4) is 0 Å². The van der Waals surface area contributed by atoms with Crippen molar-refractivity contribution >= 4 is 0 Å². The number of rotatable bonds is 5. The molecule has 10 heavy (non-hydrogen) atoms. The van der Waals surface area contributed by atoms with Crippen LogP contribution in [0.25, 0.3) is 0 Å². The van der Waals surface area contributed by atoms with E-state index in [0.29, 0.717) is 5.92 Å². The zero-order chi connectivity index (χ0) is 7.82. The number of hydrogen-bond donors (Lipinski definition) is 0. The quantitative estimate of drug-likeness (QED) is 0.402. The fraction of sp³-hybridized carbons (Fsp3) is 0.600. The molecule has 0 heteroatoms. The summed E-state index contributed by atoms with van der Waals surface area (Å²) in [5.74, 6) is 0.698. The highest BCUT2D eigenvalue weighted by molar-refractivity contribution is 4.84. The summed E-state index contributed by atoms with van der Waals surface area (Å²) in [7, 11) is 0. The van der Waals surface area contributed by atoms with Crippen LogP contribution in [0.15, 0.2) is 24.8 Å². The van der Waals surface area contributed by atoms with Crippen molar-refractivity contribution in [3.8, 4) is 0 Å². The van der Waals surface area contributed by atoms with Crippen LogP contribution < -0.4 is 0 Å². The molecule has 0 N–H and O–H groups in total. The summed E-state index contributed by atoms with van der Waals surface area (Å²) in [6.45, 7) is 8.07. The largest absolute Gasteiger partial charge is 0.103 e. The molecule has 0 unspecified atom stereocenters. The topological polar surface area (TPSA) is 0 Å². The molecule has 0 rings (SSSR count). The van der Waals surface area contributed by atoms with Crippen molar-refractivity contribution in [2.75, 3.05) is 0 Å². The van der Waals surface area contributed by atoms with Crippen LogP contribution in [0.4, 0.5) is 0 Å². The van der Waals surface area contributed by atoms with Gasteiger partial charge in [0.25, 0.3) is 0 Å². The van der Waals surface area contributed by atoms with Gasteiger partial charge in [0.15, 0.2) is 0 Å². The Morgan fingerprint density at radius 3 is 2.50 bits per heavy atom. The van der Waals surface area contributed by atoms with Crippen LogP contribution in [0.5, 0.6) is 0 Å². The summed E-state index contributed by atoms with van der Waals surface area (Å²) >= 11 is 0. The summed E-state index contributed by atoms with van der Waals surface area (Å²) in [6.07, 6.45) is 10.1. The highest BCUT2D eigenvalue weighted by atomic mass is 13.9. The first-order valence-corrected chi connectivity index (χ1v) is 4.05. The maximum Gasteiger partial charge on any atom is -0.0290 e. The molecule has 0 aromatic rings. The lowest BCUT2D eigenvalue weighted by Gasteiger charge is -1.92. The van der Waals surface area contributed by atoms with Gasteiger partial charge in [0, 0.05) is 0 Å². The third-order valence-corrected chi connectivity index (χ3v) is 1.30. The maximum atomic E-state index is 3.67. The molecule has 0 aromatic heterocycles. The first kappa shape index (κ1) is 9.48. The van der Waals surface area contributed by atoms with Crippen LogP contribution in [0.2, 0.25) is 0 Å². The monoisotopic (exact) mass is 138 g/mol. The Labute approximate surface area is 64.6 Å². The van der Waals surface area contributed by atoms with E-state index in [0.717, 1.165) is 6.42 Å². The van der Waals surface area contributed by atoms with Crippen LogP contribution in [-0.4, -0.2) is 0 Å². The second kappa shape index (κ2) is 6.60. The Morgan fingerprint density at radius 1 is 1.30 bits per heavy atom. The van der Waals surface area contributed by atoms with Crippen LogP contribution in [0.1, 0.15) is 33.1 Å². The van der Waals surface area contributed by atoms with Gasteiger partial charge in [-0.05, 0) is 25.2 Å². The molecule has 0 saturated heterocycles. The minimum Gasteiger partial charge on any atom is -0.103 e. The summed E-state index contributed by atoms with van der Waals surface area (Å²) < 4.78 is 0. The average molecular weight is 138 g/mol. The van der Waals surface area contributed by atoms with E-state index in [1.807, 2.05) is 6.08 Å². The zero-order valence-electron chi connectivity index (χ0n) is 7.14. The lowest BCUT2D eigenvalue weighted by molar-refractivity contribution is 0.808. The molecular weight excluding hydrogens is 120 g/mol. The summed E-state index contributed by atoms with van der Waals surface area (Å²) in [6, 6.07) is 0. The third kappa shape index (κ3) is 7.48. The lowest BCUT2D eigenvalue weighted by Crippen LogP contribution is -1.76. The molecule has 0 aromatic carbocycles. The molecule has 0 aliphatic rings. The molecule has 0 aliphatic heterocycles. The normalized spacial score (nSPS) is 11.1. The van der Waals surface area contributed by atoms with E-state index in [-0.39, 0.29) is 0 Å². The zero-order valence-corrected chi connectivity index (χ0v) is 7.14. The van der Waals surface area contributed by atoms with Gasteiger partial charge in [-0.2, -0.15) is 0 Å². The van der Waals surface area contributed by atoms with Gasteiger partial charge in [-0.1, -0.05) is 32.1 Å². The van der Waals surface area contributed by atoms with Crippen molar-refractivity contribution in [1.82, 2.24) is 0 Å². The Bertz CT molecular complexity index is 98.6. The first-order chi connectivity index (χ1) is 4.77. The third-order valence-electron chi connectivity index (χ3n) is 1.30. The molecule has 0 spiro atoms. The van der Waals surface area contributed by atoms with Crippen LogP contribution in [-0.2, 0) is 0 Å². The Balaban J connectivity index is 3.10. The Morgan fingerprint density at radius 2 is 2.00 bits per heavy atom. The van der Waals surface area contributed by atoms with E-state index in [1.54, 1.807) is 0 Å². The minimum atomic E-state index is 0.698. The van der Waals surface area contributed by atoms with Crippen molar-refractivity contribution in [2.45, 2.75) is 33.1 Å². The Hall–Kier alpha value is -0.520. The van der Waals surface area contributed by atoms with Crippen LogP contribution in [0, 0.1) is 5.92 Å². The highest BCUT2D eigenvalue weighted by Crippen LogP contribution is 2.00. The van der Waals surface area contributed by atoms with Gasteiger partial charge in [-0.15, -0.1) is 6.58 Å². The van der Waals surface area contributed by atoms with E-state index < -0.39 is 0 Å². The molecule has 58 valence electrons. The van der Waals surface area contributed by atoms with Gasteiger partial charge >= 0.3 is 0 Å². The fourth-order valence-corrected chi connectivity index (χ4v) is 0.748. The van der Waals surface area contributed by atoms with Gasteiger partial charge in [0.05, 0.1) is 0 Å². The predicted molar refractivity (Wildman–Crippen MR) is 48.0 cm³/mol. The number of hydrogen-bond acceptors (Lipinski definition) is 0. The van der Waals surface area contributed by atoms with Gasteiger partial charge in [-0.3, -0.25) is 0 Å². The van der Waals surface area contributed by atoms with Crippen molar-refractivity contribution in [3.05, 3.63) is 24.8 Å². The highest BCUT2D eigenvalue weighted by Gasteiger charge is 1.82. The number of unbranched alkanes of at least 4 members (excludes halogenated alkanes) is 2. The average Bonchev–Trinajstić information content (AvgIpc) is 1.87. The minimum absolute atomic E-state index is 0.698. The molecule has 0 heterocycles. The Kier molecular flexibility index (Phi) is 6.25. The summed E-state index contributed by atoms with van der Waals surface area (Å²) in [4.78, 5) is 0. The number of allylic oxidation sites excluding steroid dienone is 3. The SMILES string of the molecule is C=CCCC/C=C\C(C)C. The molecule has 0 amide bonds. The second-order valence-corrected chi connectivity index (χ2v) is 2.89. The standard InChI is InChI=1S/C10H18/c1-4-5-6-7-8-9-10(2)3/h4,8-10H,1,5-7H2,2-3H3/b9-8-. The molecule has 0 atom stereocenters. The molecule has 0 fully saturated rings. The molecule has 0 aliphatic carbocycles. The van der Waals surface area contributed by atoms with Gasteiger partial charge in [0.1, 0.15) is 0 Å². The fourth-order valence-electron chi connectivity index (χ4n) is 0.748. The van der Waals surface area contributed by atoms with E-state index in [9.17, 15) is 0 Å². The molecule has 0 saturated carbocycles. The molecule has 0 nitrogen and oxygen atoms in total. The van der Waals surface area contributed by atoms with E-state index in [1.165, 1.54) is 12.8 Å². The summed E-state index contributed by atoms with van der Waals surface area (Å²) in [5.41, 5.74) is 0. The molecule has 0 radical (unpaired) electrons. The van der Waals surface area contributed by atoms with Gasteiger partial charge < -0.3 is 0 Å². The van der Waals surface area contributed by atoms with E-state index in [4.69, 9.17) is 0 Å². The first-order valence-electron chi connectivity index (χ1n) is 4.05. The molecular formula is C10H18. The maximum absolute atomic E-state index is 3.67. The van der Waals surface area contributed by atoms with Gasteiger partial charge in [0.2, 0.25) is 0 Å². The van der Waals surface area contributed by atoms with Crippen molar-refractivity contribution in [3.63, 3.8) is 0 Å². The van der Waals surface area contributed by atoms with Crippen molar-refractivity contribution < 1.29 is 0 Å². The van der Waals surface area contributed by atoms with E-state index >= 15 is 0 Å².